The zero-order valence-electron chi connectivity index (χ0n) is 10.6. The molecule has 5 nitrogen and oxygen atoms in total. The summed E-state index contributed by atoms with van der Waals surface area (Å²) in [5, 5.41) is 6.16. The predicted octanol–water partition coefficient (Wildman–Crippen LogP) is 1.53. The van der Waals surface area contributed by atoms with Crippen molar-refractivity contribution in [3.05, 3.63) is 17.0 Å². The van der Waals surface area contributed by atoms with E-state index in [2.05, 4.69) is 15.2 Å². The van der Waals surface area contributed by atoms with Gasteiger partial charge in [-0.2, -0.15) is 13.2 Å². The van der Waals surface area contributed by atoms with Gasteiger partial charge in [0.1, 0.15) is 12.4 Å². The fourth-order valence-corrected chi connectivity index (χ4v) is 1.43. The molecule has 1 aromatic heterocycles. The van der Waals surface area contributed by atoms with Crippen LogP contribution in [0.1, 0.15) is 17.0 Å². The van der Waals surface area contributed by atoms with Gasteiger partial charge >= 0.3 is 6.18 Å². The van der Waals surface area contributed by atoms with E-state index < -0.39 is 12.8 Å². The Morgan fingerprint density at radius 3 is 2.63 bits per heavy atom. The highest BCUT2D eigenvalue weighted by molar-refractivity contribution is 5.78. The fourth-order valence-electron chi connectivity index (χ4n) is 1.43. The topological polar surface area (TPSA) is 64.4 Å². The number of hydrogen-bond acceptors (Lipinski definition) is 4. The number of amides is 1. The highest BCUT2D eigenvalue weighted by Crippen LogP contribution is 2.14. The molecule has 0 bridgehead atoms. The number of halogens is 3. The van der Waals surface area contributed by atoms with Crippen molar-refractivity contribution >= 4 is 5.91 Å². The number of nitrogens with zero attached hydrogens (tertiary/aromatic N) is 1. The number of alkyl halides is 3. The normalized spacial score (nSPS) is 11.6. The van der Waals surface area contributed by atoms with Gasteiger partial charge < -0.3 is 14.6 Å². The minimum Gasteiger partial charge on any atom is -0.370 e. The van der Waals surface area contributed by atoms with Gasteiger partial charge in [0.2, 0.25) is 5.91 Å². The molecule has 1 heterocycles. The van der Waals surface area contributed by atoms with Crippen LogP contribution in [0.25, 0.3) is 0 Å². The molecule has 0 aliphatic heterocycles. The summed E-state index contributed by atoms with van der Waals surface area (Å²) in [7, 11) is 0. The molecule has 0 spiro atoms. The van der Waals surface area contributed by atoms with Crippen LogP contribution in [0.5, 0.6) is 0 Å². The summed E-state index contributed by atoms with van der Waals surface area (Å²) in [4.78, 5) is 11.5. The van der Waals surface area contributed by atoms with Crippen LogP contribution in [0.4, 0.5) is 13.2 Å². The van der Waals surface area contributed by atoms with Crippen molar-refractivity contribution in [2.24, 2.45) is 0 Å². The summed E-state index contributed by atoms with van der Waals surface area (Å²) in [5.41, 5.74) is 1.31. The smallest absolute Gasteiger partial charge is 0.370 e. The summed E-state index contributed by atoms with van der Waals surface area (Å²) in [6.07, 6.45) is -4.26. The van der Waals surface area contributed by atoms with E-state index in [0.717, 1.165) is 0 Å². The number of aryl methyl sites for hydroxylation is 2. The van der Waals surface area contributed by atoms with E-state index in [1.807, 2.05) is 0 Å². The summed E-state index contributed by atoms with van der Waals surface area (Å²) >= 11 is 0. The Hall–Kier alpha value is -1.57. The van der Waals surface area contributed by atoms with Crippen molar-refractivity contribution < 1.29 is 27.2 Å². The average molecular weight is 280 g/mol. The minimum absolute atomic E-state index is 0.0261. The molecule has 108 valence electrons. The second kappa shape index (κ2) is 6.55. The third-order valence-corrected chi connectivity index (χ3v) is 2.35. The summed E-state index contributed by atoms with van der Waals surface area (Å²) in [5.74, 6) is 0.242. The molecule has 0 saturated heterocycles. The Kier molecular flexibility index (Phi) is 5.34. The Balaban J connectivity index is 2.22. The van der Waals surface area contributed by atoms with E-state index in [-0.39, 0.29) is 25.5 Å². The number of hydrogen-bond donors (Lipinski definition) is 1. The van der Waals surface area contributed by atoms with Gasteiger partial charge in [-0.15, -0.1) is 0 Å². The van der Waals surface area contributed by atoms with Crippen molar-refractivity contribution in [1.29, 1.82) is 0 Å². The van der Waals surface area contributed by atoms with Crippen molar-refractivity contribution in [1.82, 2.24) is 10.5 Å². The van der Waals surface area contributed by atoms with Crippen LogP contribution in [-0.4, -0.2) is 37.0 Å². The average Bonchev–Trinajstić information content (AvgIpc) is 2.59. The van der Waals surface area contributed by atoms with E-state index in [0.29, 0.717) is 17.0 Å². The third-order valence-electron chi connectivity index (χ3n) is 2.35. The van der Waals surface area contributed by atoms with Gasteiger partial charge in [-0.25, -0.2) is 0 Å². The van der Waals surface area contributed by atoms with Crippen LogP contribution < -0.4 is 5.32 Å². The van der Waals surface area contributed by atoms with Crippen molar-refractivity contribution in [3.63, 3.8) is 0 Å². The Labute approximate surface area is 108 Å². The molecule has 0 fully saturated rings. The maximum Gasteiger partial charge on any atom is 0.411 e. The van der Waals surface area contributed by atoms with E-state index in [9.17, 15) is 18.0 Å². The molecule has 0 saturated carbocycles. The molecule has 1 N–H and O–H groups in total. The first-order valence-corrected chi connectivity index (χ1v) is 5.62. The molecule has 1 aromatic rings. The Bertz CT molecular complexity index is 410. The summed E-state index contributed by atoms with van der Waals surface area (Å²) < 4.78 is 44.5. The molecule has 0 unspecified atom stereocenters. The van der Waals surface area contributed by atoms with Gasteiger partial charge in [-0.3, -0.25) is 4.79 Å². The number of ether oxygens (including phenoxy) is 1. The van der Waals surface area contributed by atoms with E-state index in [1.54, 1.807) is 13.8 Å². The van der Waals surface area contributed by atoms with Crippen LogP contribution in [0.2, 0.25) is 0 Å². The predicted molar refractivity (Wildman–Crippen MR) is 59.6 cm³/mol. The summed E-state index contributed by atoms with van der Waals surface area (Å²) in [6, 6.07) is 0. The minimum atomic E-state index is -4.35. The quantitative estimate of drug-likeness (QED) is 0.803. The first kappa shape index (κ1) is 15.5. The number of aromatic nitrogens is 1. The standard InChI is InChI=1S/C11H15F3N2O3/c1-7-9(8(2)19-16-7)5-10(17)15-3-4-18-6-11(12,13)14/h3-6H2,1-2H3,(H,15,17). The third kappa shape index (κ3) is 5.73. The van der Waals surface area contributed by atoms with Crippen molar-refractivity contribution in [2.75, 3.05) is 19.8 Å². The lowest BCUT2D eigenvalue weighted by atomic mass is 10.1. The molecular formula is C11H15F3N2O3. The van der Waals surface area contributed by atoms with Crippen molar-refractivity contribution in [2.45, 2.75) is 26.4 Å². The first-order chi connectivity index (χ1) is 8.79. The van der Waals surface area contributed by atoms with Gasteiger partial charge in [0.05, 0.1) is 18.7 Å². The zero-order valence-corrected chi connectivity index (χ0v) is 10.6. The van der Waals surface area contributed by atoms with Crippen LogP contribution >= 0.6 is 0 Å². The molecular weight excluding hydrogens is 265 g/mol. The van der Waals surface area contributed by atoms with E-state index in [1.165, 1.54) is 0 Å². The number of carbonyl (C=O) groups excluding carboxylic acids is 1. The van der Waals surface area contributed by atoms with Crippen LogP contribution in [0, 0.1) is 13.8 Å². The Morgan fingerprint density at radius 1 is 1.42 bits per heavy atom. The van der Waals surface area contributed by atoms with Gasteiger partial charge in [0, 0.05) is 12.1 Å². The molecule has 1 rings (SSSR count). The number of nitrogens with one attached hydrogen (secondary N) is 1. The molecule has 0 aliphatic rings. The lowest BCUT2D eigenvalue weighted by molar-refractivity contribution is -0.173. The number of carbonyl (C=O) groups is 1. The SMILES string of the molecule is Cc1noc(C)c1CC(=O)NCCOCC(F)(F)F. The number of rotatable bonds is 6. The highest BCUT2D eigenvalue weighted by Gasteiger charge is 2.27. The largest absolute Gasteiger partial charge is 0.411 e. The second-order valence-electron chi connectivity index (χ2n) is 4.00. The lowest BCUT2D eigenvalue weighted by Gasteiger charge is -2.08. The van der Waals surface area contributed by atoms with Crippen LogP contribution in [-0.2, 0) is 16.0 Å². The van der Waals surface area contributed by atoms with Crippen molar-refractivity contribution in [3.8, 4) is 0 Å². The molecule has 1 amide bonds. The van der Waals surface area contributed by atoms with Gasteiger partial charge in [0.15, 0.2) is 0 Å². The van der Waals surface area contributed by atoms with Gasteiger partial charge in [-0.05, 0) is 13.8 Å². The van der Waals surface area contributed by atoms with Crippen LogP contribution in [0.3, 0.4) is 0 Å². The van der Waals surface area contributed by atoms with Gasteiger partial charge in [-0.1, -0.05) is 5.16 Å². The highest BCUT2D eigenvalue weighted by atomic mass is 19.4. The first-order valence-electron chi connectivity index (χ1n) is 5.62. The lowest BCUT2D eigenvalue weighted by Crippen LogP contribution is -2.30. The fraction of sp³-hybridized carbons (Fsp3) is 0.636. The van der Waals surface area contributed by atoms with E-state index >= 15 is 0 Å². The molecule has 19 heavy (non-hydrogen) atoms. The molecule has 0 aromatic carbocycles. The summed E-state index contributed by atoms with van der Waals surface area (Å²) in [6.45, 7) is 1.93. The zero-order chi connectivity index (χ0) is 14.5. The molecule has 0 aliphatic carbocycles. The van der Waals surface area contributed by atoms with Crippen LogP contribution in [0.15, 0.2) is 4.52 Å². The Morgan fingerprint density at radius 2 is 2.11 bits per heavy atom. The molecule has 0 radical (unpaired) electrons. The van der Waals surface area contributed by atoms with E-state index in [4.69, 9.17) is 4.52 Å². The molecule has 0 atom stereocenters. The monoisotopic (exact) mass is 280 g/mol. The second-order valence-corrected chi connectivity index (χ2v) is 4.00. The maximum atomic E-state index is 11.8. The molecule has 8 heteroatoms. The maximum absolute atomic E-state index is 11.8. The van der Waals surface area contributed by atoms with Gasteiger partial charge in [0.25, 0.3) is 0 Å².